The molecule has 0 aromatic heterocycles. The number of hydrogen-bond donors (Lipinski definition) is 2. The van der Waals surface area contributed by atoms with Crippen molar-refractivity contribution in [2.45, 2.75) is 18.2 Å². The molecule has 2 rings (SSSR count). The van der Waals surface area contributed by atoms with Crippen LogP contribution >= 0.6 is 24.0 Å². The van der Waals surface area contributed by atoms with Crippen LogP contribution in [-0.2, 0) is 16.3 Å². The van der Waals surface area contributed by atoms with Gasteiger partial charge in [0.05, 0.1) is 4.90 Å². The molecule has 9 heteroatoms. The number of piperazine rings is 1. The average Bonchev–Trinajstić information content (AvgIpc) is 2.67. The van der Waals surface area contributed by atoms with Crippen LogP contribution in [0.5, 0.6) is 0 Å². The second kappa shape index (κ2) is 12.6. The summed E-state index contributed by atoms with van der Waals surface area (Å²) in [6, 6.07) is 7.06. The molecule has 1 aromatic carbocycles. The predicted molar refractivity (Wildman–Crippen MR) is 127 cm³/mol. The van der Waals surface area contributed by atoms with Crippen molar-refractivity contribution in [3.8, 4) is 0 Å². The Kier molecular flexibility index (Phi) is 11.3. The zero-order valence-electron chi connectivity index (χ0n) is 17.1. The predicted octanol–water partition coefficient (Wildman–Crippen LogP) is 1.05. The molecule has 1 heterocycles. The molecule has 1 fully saturated rings. The van der Waals surface area contributed by atoms with Gasteiger partial charge in [-0.05, 0) is 30.7 Å². The third-order valence-corrected chi connectivity index (χ3v) is 6.04. The van der Waals surface area contributed by atoms with Gasteiger partial charge in [0, 0.05) is 59.1 Å². The first-order chi connectivity index (χ1) is 12.9. The lowest BCUT2D eigenvalue weighted by atomic mass is 10.1. The third kappa shape index (κ3) is 8.62. The molecular weight excluding hydrogens is 489 g/mol. The first-order valence-corrected chi connectivity index (χ1v) is 11.5. The molecule has 1 saturated heterocycles. The highest BCUT2D eigenvalue weighted by atomic mass is 127. The summed E-state index contributed by atoms with van der Waals surface area (Å²) in [6.07, 6.45) is 2.03. The van der Waals surface area contributed by atoms with E-state index in [4.69, 9.17) is 0 Å². The Morgan fingerprint density at radius 1 is 1.04 bits per heavy atom. The summed E-state index contributed by atoms with van der Waals surface area (Å²) in [6.45, 7) is 10.6. The Morgan fingerprint density at radius 3 is 2.14 bits per heavy atom. The van der Waals surface area contributed by atoms with Crippen molar-refractivity contribution in [1.29, 1.82) is 0 Å². The maximum Gasteiger partial charge on any atom is 0.191 e. The summed E-state index contributed by atoms with van der Waals surface area (Å²) in [7, 11) is -1.36. The number of rotatable bonds is 8. The molecule has 0 unspecified atom stereocenters. The van der Waals surface area contributed by atoms with Crippen molar-refractivity contribution in [3.63, 3.8) is 0 Å². The van der Waals surface area contributed by atoms with Crippen molar-refractivity contribution in [2.24, 2.45) is 4.99 Å². The van der Waals surface area contributed by atoms with Crippen LogP contribution < -0.4 is 10.6 Å². The minimum absolute atomic E-state index is 0. The topological polar surface area (TPSA) is 77.0 Å². The van der Waals surface area contributed by atoms with E-state index in [-0.39, 0.29) is 24.0 Å². The van der Waals surface area contributed by atoms with Gasteiger partial charge in [-0.15, -0.1) is 24.0 Å². The van der Waals surface area contributed by atoms with Crippen molar-refractivity contribution >= 4 is 39.8 Å². The number of nitrogens with zero attached hydrogens (tertiary/aromatic N) is 3. The third-order valence-electron chi connectivity index (χ3n) is 4.91. The number of nitrogens with one attached hydrogen (secondary N) is 2. The van der Waals surface area contributed by atoms with Crippen LogP contribution in [0.4, 0.5) is 0 Å². The van der Waals surface area contributed by atoms with E-state index >= 15 is 0 Å². The molecule has 1 aliphatic heterocycles. The van der Waals surface area contributed by atoms with Crippen molar-refractivity contribution in [3.05, 3.63) is 29.8 Å². The van der Waals surface area contributed by atoms with Crippen LogP contribution in [0.2, 0.25) is 0 Å². The lowest BCUT2D eigenvalue weighted by Crippen LogP contribution is -2.49. The fourth-order valence-corrected chi connectivity index (χ4v) is 3.74. The standard InChI is InChI=1S/C19H33N5O2S.HI/c1-4-23-13-15-24(16-14-23)12-11-22-19(20-2)21-10-9-17-5-7-18(8-6-17)27(3,25)26;/h5-8H,4,9-16H2,1-3H3,(H2,20,21,22);1H. The Morgan fingerprint density at radius 2 is 1.61 bits per heavy atom. The second-order valence-electron chi connectivity index (χ2n) is 6.87. The van der Waals surface area contributed by atoms with E-state index in [1.807, 2.05) is 12.1 Å². The SMILES string of the molecule is CCN1CCN(CCNC(=NC)NCCc2ccc(S(C)(=O)=O)cc2)CC1.I. The lowest BCUT2D eigenvalue weighted by molar-refractivity contribution is 0.139. The highest BCUT2D eigenvalue weighted by Crippen LogP contribution is 2.10. The normalized spacial score (nSPS) is 16.5. The fraction of sp³-hybridized carbons (Fsp3) is 0.632. The maximum atomic E-state index is 11.5. The molecule has 0 atom stereocenters. The number of sulfone groups is 1. The van der Waals surface area contributed by atoms with Gasteiger partial charge in [0.25, 0.3) is 0 Å². The number of halogens is 1. The number of likely N-dealkylation sites (N-methyl/N-ethyl adjacent to an activating group) is 1. The van der Waals surface area contributed by atoms with Gasteiger partial charge < -0.3 is 15.5 Å². The molecule has 1 aromatic rings. The lowest BCUT2D eigenvalue weighted by Gasteiger charge is -2.34. The molecule has 160 valence electrons. The Labute approximate surface area is 186 Å². The van der Waals surface area contributed by atoms with Gasteiger partial charge in [0.1, 0.15) is 0 Å². The van der Waals surface area contributed by atoms with E-state index in [1.54, 1.807) is 19.2 Å². The van der Waals surface area contributed by atoms with Crippen LogP contribution in [-0.4, -0.2) is 89.8 Å². The Balaban J connectivity index is 0.00000392. The summed E-state index contributed by atoms with van der Waals surface area (Å²) in [4.78, 5) is 9.58. The molecule has 0 saturated carbocycles. The first kappa shape index (κ1) is 25.1. The zero-order chi connectivity index (χ0) is 19.7. The monoisotopic (exact) mass is 523 g/mol. The minimum Gasteiger partial charge on any atom is -0.356 e. The largest absolute Gasteiger partial charge is 0.356 e. The van der Waals surface area contributed by atoms with E-state index in [1.165, 1.54) is 6.26 Å². The molecule has 0 radical (unpaired) electrons. The smallest absolute Gasteiger partial charge is 0.191 e. The molecule has 7 nitrogen and oxygen atoms in total. The maximum absolute atomic E-state index is 11.5. The number of benzene rings is 1. The van der Waals surface area contributed by atoms with Crippen molar-refractivity contribution in [2.75, 3.05) is 65.7 Å². The van der Waals surface area contributed by atoms with E-state index in [2.05, 4.69) is 32.3 Å². The van der Waals surface area contributed by atoms with Gasteiger partial charge >= 0.3 is 0 Å². The molecule has 0 amide bonds. The van der Waals surface area contributed by atoms with E-state index in [0.717, 1.165) is 70.3 Å². The molecular formula is C19H34IN5O2S. The van der Waals surface area contributed by atoms with Gasteiger partial charge in [0.15, 0.2) is 15.8 Å². The second-order valence-corrected chi connectivity index (χ2v) is 8.88. The number of hydrogen-bond acceptors (Lipinski definition) is 5. The molecule has 0 bridgehead atoms. The zero-order valence-corrected chi connectivity index (χ0v) is 20.3. The van der Waals surface area contributed by atoms with Crippen molar-refractivity contribution in [1.82, 2.24) is 20.4 Å². The van der Waals surface area contributed by atoms with Gasteiger partial charge in [-0.1, -0.05) is 19.1 Å². The number of aliphatic imine (C=N–C) groups is 1. The van der Waals surface area contributed by atoms with E-state index in [0.29, 0.717) is 4.90 Å². The van der Waals surface area contributed by atoms with E-state index < -0.39 is 9.84 Å². The van der Waals surface area contributed by atoms with Crippen molar-refractivity contribution < 1.29 is 8.42 Å². The Hall–Kier alpha value is -0.910. The highest BCUT2D eigenvalue weighted by molar-refractivity contribution is 14.0. The molecule has 0 aliphatic carbocycles. The summed E-state index contributed by atoms with van der Waals surface area (Å²) < 4.78 is 23.0. The van der Waals surface area contributed by atoms with Crippen LogP contribution in [0, 0.1) is 0 Å². The molecule has 28 heavy (non-hydrogen) atoms. The Bertz CT molecular complexity index is 702. The first-order valence-electron chi connectivity index (χ1n) is 9.60. The van der Waals surface area contributed by atoms with Crippen LogP contribution in [0.25, 0.3) is 0 Å². The fourth-order valence-electron chi connectivity index (χ4n) is 3.11. The van der Waals surface area contributed by atoms with Gasteiger partial charge in [-0.3, -0.25) is 9.89 Å². The highest BCUT2D eigenvalue weighted by Gasteiger charge is 2.14. The molecule has 0 spiro atoms. The van der Waals surface area contributed by atoms with Crippen LogP contribution in [0.3, 0.4) is 0 Å². The van der Waals surface area contributed by atoms with Crippen LogP contribution in [0.15, 0.2) is 34.2 Å². The van der Waals surface area contributed by atoms with Crippen LogP contribution in [0.1, 0.15) is 12.5 Å². The number of guanidine groups is 1. The van der Waals surface area contributed by atoms with Gasteiger partial charge in [-0.25, -0.2) is 8.42 Å². The molecule has 1 aliphatic rings. The summed E-state index contributed by atoms with van der Waals surface area (Å²) in [5, 5.41) is 6.67. The molecule has 2 N–H and O–H groups in total. The summed E-state index contributed by atoms with van der Waals surface area (Å²) in [5.41, 5.74) is 1.10. The average molecular weight is 523 g/mol. The quantitative estimate of drug-likeness (QED) is 0.302. The van der Waals surface area contributed by atoms with Gasteiger partial charge in [-0.2, -0.15) is 0 Å². The summed E-state index contributed by atoms with van der Waals surface area (Å²) >= 11 is 0. The van der Waals surface area contributed by atoms with Gasteiger partial charge in [0.2, 0.25) is 0 Å². The summed E-state index contributed by atoms with van der Waals surface area (Å²) in [5.74, 6) is 0.801. The van der Waals surface area contributed by atoms with E-state index in [9.17, 15) is 8.42 Å². The minimum atomic E-state index is -3.13.